The van der Waals surface area contributed by atoms with Crippen LogP contribution in [0.2, 0.25) is 0 Å². The Morgan fingerprint density at radius 3 is 1.90 bits per heavy atom. The SMILES string of the molecule is CCNCCC(Cc1ccc(CC(C)C)cc1)CC(C)C. The van der Waals surface area contributed by atoms with Gasteiger partial charge in [-0.05, 0) is 67.7 Å². The van der Waals surface area contributed by atoms with Crippen LogP contribution in [-0.2, 0) is 12.8 Å². The van der Waals surface area contributed by atoms with Crippen LogP contribution in [0.25, 0.3) is 0 Å². The molecule has 1 aromatic rings. The van der Waals surface area contributed by atoms with Crippen molar-refractivity contribution in [1.82, 2.24) is 5.32 Å². The Hall–Kier alpha value is -0.820. The van der Waals surface area contributed by atoms with Gasteiger partial charge in [0.05, 0.1) is 0 Å². The molecule has 0 radical (unpaired) electrons. The summed E-state index contributed by atoms with van der Waals surface area (Å²) in [6, 6.07) is 9.34. The first-order valence-corrected chi connectivity index (χ1v) is 8.79. The highest BCUT2D eigenvalue weighted by molar-refractivity contribution is 5.23. The molecule has 21 heavy (non-hydrogen) atoms. The van der Waals surface area contributed by atoms with E-state index < -0.39 is 0 Å². The number of hydrogen-bond donors (Lipinski definition) is 1. The van der Waals surface area contributed by atoms with Gasteiger partial charge in [-0.15, -0.1) is 0 Å². The molecule has 1 aromatic carbocycles. The summed E-state index contributed by atoms with van der Waals surface area (Å²) in [4.78, 5) is 0. The highest BCUT2D eigenvalue weighted by Gasteiger charge is 2.12. The van der Waals surface area contributed by atoms with Gasteiger partial charge >= 0.3 is 0 Å². The van der Waals surface area contributed by atoms with Crippen LogP contribution in [0.3, 0.4) is 0 Å². The molecular weight excluding hydrogens is 254 g/mol. The van der Waals surface area contributed by atoms with Crippen molar-refractivity contribution in [2.75, 3.05) is 13.1 Å². The average molecular weight is 290 g/mol. The van der Waals surface area contributed by atoms with Gasteiger partial charge in [0.15, 0.2) is 0 Å². The Bertz CT molecular complexity index is 364. The third kappa shape index (κ3) is 8.26. The van der Waals surface area contributed by atoms with E-state index in [1.165, 1.54) is 36.8 Å². The molecule has 0 aromatic heterocycles. The fourth-order valence-corrected chi connectivity index (χ4v) is 3.07. The van der Waals surface area contributed by atoms with E-state index in [0.717, 1.165) is 30.8 Å². The van der Waals surface area contributed by atoms with Crippen molar-refractivity contribution >= 4 is 0 Å². The Labute approximate surface area is 132 Å². The second-order valence-electron chi connectivity index (χ2n) is 7.26. The molecule has 0 aliphatic heterocycles. The van der Waals surface area contributed by atoms with Crippen LogP contribution in [0.1, 0.15) is 58.6 Å². The van der Waals surface area contributed by atoms with Gasteiger partial charge in [0.25, 0.3) is 0 Å². The molecule has 1 heteroatoms. The fraction of sp³-hybridized carbons (Fsp3) is 0.700. The second-order valence-corrected chi connectivity index (χ2v) is 7.26. The monoisotopic (exact) mass is 289 g/mol. The van der Waals surface area contributed by atoms with E-state index in [-0.39, 0.29) is 0 Å². The summed E-state index contributed by atoms with van der Waals surface area (Å²) >= 11 is 0. The molecule has 0 saturated carbocycles. The maximum atomic E-state index is 3.47. The quantitative estimate of drug-likeness (QED) is 0.592. The lowest BCUT2D eigenvalue weighted by Gasteiger charge is -2.19. The highest BCUT2D eigenvalue weighted by atomic mass is 14.8. The summed E-state index contributed by atoms with van der Waals surface area (Å²) in [5.41, 5.74) is 2.98. The van der Waals surface area contributed by atoms with Crippen molar-refractivity contribution in [3.05, 3.63) is 35.4 Å². The molecule has 0 saturated heterocycles. The molecule has 120 valence electrons. The molecule has 0 bridgehead atoms. The van der Waals surface area contributed by atoms with Gasteiger partial charge in [-0.3, -0.25) is 0 Å². The largest absolute Gasteiger partial charge is 0.317 e. The summed E-state index contributed by atoms with van der Waals surface area (Å²) in [5.74, 6) is 2.33. The highest BCUT2D eigenvalue weighted by Crippen LogP contribution is 2.21. The maximum Gasteiger partial charge on any atom is -0.00463 e. The molecule has 0 amide bonds. The van der Waals surface area contributed by atoms with Crippen molar-refractivity contribution in [3.63, 3.8) is 0 Å². The van der Waals surface area contributed by atoms with Crippen LogP contribution < -0.4 is 5.32 Å². The Morgan fingerprint density at radius 2 is 1.43 bits per heavy atom. The van der Waals surface area contributed by atoms with E-state index in [2.05, 4.69) is 64.2 Å². The molecule has 1 atom stereocenters. The molecule has 1 N–H and O–H groups in total. The van der Waals surface area contributed by atoms with Gasteiger partial charge in [-0.2, -0.15) is 0 Å². The van der Waals surface area contributed by atoms with Crippen molar-refractivity contribution in [1.29, 1.82) is 0 Å². The lowest BCUT2D eigenvalue weighted by Crippen LogP contribution is -2.19. The molecule has 0 heterocycles. The smallest absolute Gasteiger partial charge is 0.00463 e. The lowest BCUT2D eigenvalue weighted by molar-refractivity contribution is 0.377. The standard InChI is InChI=1S/C20H35N/c1-6-21-12-11-20(14-17(4)5)15-19-9-7-18(8-10-19)13-16(2)3/h7-10,16-17,20-21H,6,11-15H2,1-5H3. The van der Waals surface area contributed by atoms with Crippen molar-refractivity contribution < 1.29 is 0 Å². The van der Waals surface area contributed by atoms with E-state index in [1.807, 2.05) is 0 Å². The summed E-state index contributed by atoms with van der Waals surface area (Å²) in [5, 5.41) is 3.47. The van der Waals surface area contributed by atoms with Crippen LogP contribution >= 0.6 is 0 Å². The molecule has 1 unspecified atom stereocenters. The molecule has 1 rings (SSSR count). The third-order valence-corrected chi connectivity index (χ3v) is 3.98. The number of benzene rings is 1. The molecule has 1 nitrogen and oxygen atoms in total. The van der Waals surface area contributed by atoms with Crippen LogP contribution in [-0.4, -0.2) is 13.1 Å². The fourth-order valence-electron chi connectivity index (χ4n) is 3.07. The van der Waals surface area contributed by atoms with Gasteiger partial charge in [0, 0.05) is 0 Å². The zero-order chi connectivity index (χ0) is 15.7. The summed E-state index contributed by atoms with van der Waals surface area (Å²) in [7, 11) is 0. The average Bonchev–Trinajstić information content (AvgIpc) is 2.40. The number of hydrogen-bond acceptors (Lipinski definition) is 1. The number of rotatable bonds is 10. The first-order valence-electron chi connectivity index (χ1n) is 8.79. The predicted molar refractivity (Wildman–Crippen MR) is 94.8 cm³/mol. The molecular formula is C20H35N. The Morgan fingerprint density at radius 1 is 0.857 bits per heavy atom. The minimum atomic E-state index is 0.740. The predicted octanol–water partition coefficient (Wildman–Crippen LogP) is 5.09. The van der Waals surface area contributed by atoms with Crippen molar-refractivity contribution in [2.45, 2.75) is 60.3 Å². The van der Waals surface area contributed by atoms with Crippen molar-refractivity contribution in [3.8, 4) is 0 Å². The molecule has 0 spiro atoms. The topological polar surface area (TPSA) is 12.0 Å². The Balaban J connectivity index is 2.55. The Kier molecular flexibility index (Phi) is 8.68. The van der Waals surface area contributed by atoms with Gasteiger partial charge in [0.1, 0.15) is 0 Å². The second kappa shape index (κ2) is 10.00. The normalized spacial score (nSPS) is 13.1. The van der Waals surface area contributed by atoms with Gasteiger partial charge in [-0.1, -0.05) is 58.9 Å². The molecule has 0 aliphatic carbocycles. The number of nitrogens with one attached hydrogen (secondary N) is 1. The zero-order valence-corrected chi connectivity index (χ0v) is 14.8. The van der Waals surface area contributed by atoms with E-state index in [1.54, 1.807) is 0 Å². The van der Waals surface area contributed by atoms with Crippen LogP contribution in [0.15, 0.2) is 24.3 Å². The third-order valence-electron chi connectivity index (χ3n) is 3.98. The van der Waals surface area contributed by atoms with E-state index in [4.69, 9.17) is 0 Å². The molecule has 0 aliphatic rings. The first kappa shape index (κ1) is 18.2. The minimum Gasteiger partial charge on any atom is -0.317 e. The minimum absolute atomic E-state index is 0.740. The maximum absolute atomic E-state index is 3.47. The molecule has 0 fully saturated rings. The van der Waals surface area contributed by atoms with E-state index >= 15 is 0 Å². The van der Waals surface area contributed by atoms with Gasteiger partial charge in [0.2, 0.25) is 0 Å². The van der Waals surface area contributed by atoms with Gasteiger partial charge in [-0.25, -0.2) is 0 Å². The van der Waals surface area contributed by atoms with Crippen LogP contribution in [0, 0.1) is 17.8 Å². The first-order chi connectivity index (χ1) is 10.0. The summed E-state index contributed by atoms with van der Waals surface area (Å²) < 4.78 is 0. The van der Waals surface area contributed by atoms with E-state index in [0.29, 0.717) is 0 Å². The van der Waals surface area contributed by atoms with Crippen molar-refractivity contribution in [2.24, 2.45) is 17.8 Å². The zero-order valence-electron chi connectivity index (χ0n) is 14.8. The summed E-state index contributed by atoms with van der Waals surface area (Å²) in [6.45, 7) is 13.7. The van der Waals surface area contributed by atoms with Crippen LogP contribution in [0.4, 0.5) is 0 Å². The van der Waals surface area contributed by atoms with Gasteiger partial charge < -0.3 is 5.32 Å². The lowest BCUT2D eigenvalue weighted by atomic mass is 9.88. The summed E-state index contributed by atoms with van der Waals surface area (Å²) in [6.07, 6.45) is 5.04. The van der Waals surface area contributed by atoms with Crippen LogP contribution in [0.5, 0.6) is 0 Å². The van der Waals surface area contributed by atoms with E-state index in [9.17, 15) is 0 Å².